The molecule has 2 rings (SSSR count). The molecule has 0 fully saturated rings. The molecule has 0 radical (unpaired) electrons. The van der Waals surface area contributed by atoms with Gasteiger partial charge in [0.15, 0.2) is 0 Å². The summed E-state index contributed by atoms with van der Waals surface area (Å²) in [7, 11) is 0. The van der Waals surface area contributed by atoms with Crippen molar-refractivity contribution in [2.45, 2.75) is 5.33 Å². The average Bonchev–Trinajstić information content (AvgIpc) is 2.41. The highest BCUT2D eigenvalue weighted by molar-refractivity contribution is 9.08. The lowest BCUT2D eigenvalue weighted by atomic mass is 10.2. The summed E-state index contributed by atoms with van der Waals surface area (Å²) in [6, 6.07) is 8.10. The highest BCUT2D eigenvalue weighted by Gasteiger charge is 2.18. The summed E-state index contributed by atoms with van der Waals surface area (Å²) in [5.74, 6) is -0.360. The van der Waals surface area contributed by atoms with Crippen LogP contribution in [-0.2, 0) is 5.33 Å². The third-order valence-electron chi connectivity index (χ3n) is 2.51. The minimum Gasteiger partial charge on any atom is -0.450 e. The normalized spacial score (nSPS) is 10.3. The van der Waals surface area contributed by atoms with Crippen LogP contribution in [0.2, 0.25) is 5.02 Å². The number of nitrogens with zero attached hydrogens (tertiary/aromatic N) is 1. The molecule has 0 aromatic heterocycles. The summed E-state index contributed by atoms with van der Waals surface area (Å²) in [5.41, 5.74) is 0.332. The molecule has 0 spiro atoms. The highest BCUT2D eigenvalue weighted by Crippen LogP contribution is 2.35. The lowest BCUT2D eigenvalue weighted by Crippen LogP contribution is -1.96. The average molecular weight is 361 g/mol. The van der Waals surface area contributed by atoms with Gasteiger partial charge in [-0.25, -0.2) is 4.39 Å². The number of rotatable bonds is 4. The number of benzene rings is 2. The predicted molar refractivity (Wildman–Crippen MR) is 77.2 cm³/mol. The zero-order valence-electron chi connectivity index (χ0n) is 9.98. The second-order valence-corrected chi connectivity index (χ2v) is 4.85. The zero-order chi connectivity index (χ0) is 14.7. The summed E-state index contributed by atoms with van der Waals surface area (Å²) in [4.78, 5) is 10.2. The molecular formula is C13H8BrClFNO3. The Labute approximate surface area is 127 Å². The maximum atomic E-state index is 13.1. The van der Waals surface area contributed by atoms with Crippen LogP contribution >= 0.6 is 27.5 Å². The Kier molecular flexibility index (Phi) is 4.57. The van der Waals surface area contributed by atoms with E-state index in [9.17, 15) is 14.5 Å². The third-order valence-corrected chi connectivity index (χ3v) is 3.35. The SMILES string of the molecule is O=[N+]([O-])c1cc(F)ccc1Oc1cc(Cl)ccc1CBr. The Morgan fingerprint density at radius 2 is 2.00 bits per heavy atom. The molecule has 0 N–H and O–H groups in total. The van der Waals surface area contributed by atoms with Gasteiger partial charge in [-0.1, -0.05) is 33.6 Å². The number of halogens is 3. The van der Waals surface area contributed by atoms with Gasteiger partial charge in [-0.05, 0) is 24.3 Å². The standard InChI is InChI=1S/C13H8BrClFNO3/c14-7-8-1-2-9(15)5-13(8)20-12-4-3-10(16)6-11(12)17(18)19/h1-6H,7H2. The van der Waals surface area contributed by atoms with Crippen LogP contribution in [0.5, 0.6) is 11.5 Å². The largest absolute Gasteiger partial charge is 0.450 e. The van der Waals surface area contributed by atoms with E-state index < -0.39 is 16.4 Å². The number of alkyl halides is 1. The van der Waals surface area contributed by atoms with E-state index in [1.54, 1.807) is 18.2 Å². The molecule has 0 amide bonds. The van der Waals surface area contributed by atoms with E-state index in [0.29, 0.717) is 16.1 Å². The van der Waals surface area contributed by atoms with Crippen LogP contribution < -0.4 is 4.74 Å². The minimum absolute atomic E-state index is 0.0409. The number of nitro groups is 1. The van der Waals surface area contributed by atoms with Crippen LogP contribution in [-0.4, -0.2) is 4.92 Å². The highest BCUT2D eigenvalue weighted by atomic mass is 79.9. The van der Waals surface area contributed by atoms with Crippen molar-refractivity contribution in [1.29, 1.82) is 0 Å². The van der Waals surface area contributed by atoms with Gasteiger partial charge in [0.1, 0.15) is 11.6 Å². The first-order valence-electron chi connectivity index (χ1n) is 5.47. The molecule has 0 atom stereocenters. The van der Waals surface area contributed by atoms with E-state index in [0.717, 1.165) is 17.7 Å². The maximum absolute atomic E-state index is 13.1. The van der Waals surface area contributed by atoms with Gasteiger partial charge >= 0.3 is 5.69 Å². The van der Waals surface area contributed by atoms with Crippen molar-refractivity contribution < 1.29 is 14.1 Å². The van der Waals surface area contributed by atoms with Crippen molar-refractivity contribution >= 4 is 33.2 Å². The quantitative estimate of drug-likeness (QED) is 0.434. The van der Waals surface area contributed by atoms with Crippen molar-refractivity contribution in [2.24, 2.45) is 0 Å². The topological polar surface area (TPSA) is 52.4 Å². The van der Waals surface area contributed by atoms with Gasteiger partial charge in [0.2, 0.25) is 5.75 Å². The molecular weight excluding hydrogens is 353 g/mol. The fourth-order valence-corrected chi connectivity index (χ4v) is 2.20. The van der Waals surface area contributed by atoms with Gasteiger partial charge in [-0.15, -0.1) is 0 Å². The molecule has 0 aliphatic rings. The summed E-state index contributed by atoms with van der Waals surface area (Å²) >= 11 is 9.17. The minimum atomic E-state index is -0.698. The smallest absolute Gasteiger partial charge is 0.314 e. The lowest BCUT2D eigenvalue weighted by Gasteiger charge is -2.10. The van der Waals surface area contributed by atoms with E-state index in [2.05, 4.69) is 15.9 Å². The van der Waals surface area contributed by atoms with Gasteiger partial charge in [0.25, 0.3) is 0 Å². The summed E-state index contributed by atoms with van der Waals surface area (Å²) in [5, 5.41) is 11.8. The molecule has 0 aliphatic carbocycles. The first-order chi connectivity index (χ1) is 9.51. The van der Waals surface area contributed by atoms with E-state index in [1.807, 2.05) is 0 Å². The van der Waals surface area contributed by atoms with Crippen LogP contribution in [0, 0.1) is 15.9 Å². The Bertz CT molecular complexity index is 666. The van der Waals surface area contributed by atoms with E-state index in [1.165, 1.54) is 6.07 Å². The molecule has 0 heterocycles. The zero-order valence-corrected chi connectivity index (χ0v) is 12.3. The Balaban J connectivity index is 2.44. The second kappa shape index (κ2) is 6.19. The van der Waals surface area contributed by atoms with Gasteiger partial charge in [-0.2, -0.15) is 0 Å². The molecule has 0 bridgehead atoms. The van der Waals surface area contributed by atoms with E-state index in [-0.39, 0.29) is 5.75 Å². The number of hydrogen-bond donors (Lipinski definition) is 0. The van der Waals surface area contributed by atoms with Crippen LogP contribution in [0.25, 0.3) is 0 Å². The van der Waals surface area contributed by atoms with E-state index >= 15 is 0 Å². The molecule has 7 heteroatoms. The first-order valence-corrected chi connectivity index (χ1v) is 6.97. The van der Waals surface area contributed by atoms with Gasteiger partial charge in [0.05, 0.1) is 11.0 Å². The Morgan fingerprint density at radius 3 is 2.65 bits per heavy atom. The first kappa shape index (κ1) is 14.7. The lowest BCUT2D eigenvalue weighted by molar-refractivity contribution is -0.385. The molecule has 0 aliphatic heterocycles. The van der Waals surface area contributed by atoms with Crippen molar-refractivity contribution in [3.05, 3.63) is 62.9 Å². The second-order valence-electron chi connectivity index (χ2n) is 3.86. The van der Waals surface area contributed by atoms with Crippen LogP contribution in [0.1, 0.15) is 5.56 Å². The molecule has 2 aromatic rings. The number of hydrogen-bond acceptors (Lipinski definition) is 3. The Morgan fingerprint density at radius 1 is 1.25 bits per heavy atom. The molecule has 0 saturated heterocycles. The fourth-order valence-electron chi connectivity index (χ4n) is 1.57. The number of ether oxygens (including phenoxy) is 1. The maximum Gasteiger partial charge on any atom is 0.314 e. The fraction of sp³-hybridized carbons (Fsp3) is 0.0769. The van der Waals surface area contributed by atoms with Crippen LogP contribution in [0.3, 0.4) is 0 Å². The summed E-state index contributed by atoms with van der Waals surface area (Å²) in [6.07, 6.45) is 0. The monoisotopic (exact) mass is 359 g/mol. The molecule has 2 aromatic carbocycles. The van der Waals surface area contributed by atoms with Gasteiger partial charge < -0.3 is 4.74 Å². The molecule has 20 heavy (non-hydrogen) atoms. The van der Waals surface area contributed by atoms with Gasteiger partial charge in [-0.3, -0.25) is 10.1 Å². The molecule has 104 valence electrons. The van der Waals surface area contributed by atoms with Crippen molar-refractivity contribution in [2.75, 3.05) is 0 Å². The van der Waals surface area contributed by atoms with Crippen molar-refractivity contribution in [1.82, 2.24) is 0 Å². The van der Waals surface area contributed by atoms with Crippen LogP contribution in [0.15, 0.2) is 36.4 Å². The van der Waals surface area contributed by atoms with Crippen LogP contribution in [0.4, 0.5) is 10.1 Å². The molecule has 0 unspecified atom stereocenters. The summed E-state index contributed by atoms with van der Waals surface area (Å²) in [6.45, 7) is 0. The molecule has 4 nitrogen and oxygen atoms in total. The predicted octanol–water partition coefficient (Wildman–Crippen LogP) is 5.07. The van der Waals surface area contributed by atoms with E-state index in [4.69, 9.17) is 16.3 Å². The van der Waals surface area contributed by atoms with Crippen molar-refractivity contribution in [3.8, 4) is 11.5 Å². The number of nitro benzene ring substituents is 1. The third kappa shape index (κ3) is 3.26. The molecule has 0 saturated carbocycles. The summed E-state index contributed by atoms with van der Waals surface area (Å²) < 4.78 is 18.6. The van der Waals surface area contributed by atoms with Crippen molar-refractivity contribution in [3.63, 3.8) is 0 Å². The van der Waals surface area contributed by atoms with Gasteiger partial charge in [0, 0.05) is 15.9 Å². The Hall–Kier alpha value is -1.66.